The minimum Gasteiger partial charge on any atom is -0.481 e. The van der Waals surface area contributed by atoms with E-state index in [-0.39, 0.29) is 24.8 Å². The number of aromatic nitrogens is 1. The molecule has 2 heterocycles. The molecule has 106 valence electrons. The Balaban J connectivity index is 2.11. The molecule has 0 amide bonds. The minimum atomic E-state index is -3.55. The second-order valence-electron chi connectivity index (χ2n) is 4.92. The third-order valence-electron chi connectivity index (χ3n) is 3.30. The number of aliphatic carboxylic acids is 1. The Kier molecular flexibility index (Phi) is 3.64. The average Bonchev–Trinajstić information content (AvgIpc) is 2.84. The highest BCUT2D eigenvalue weighted by molar-refractivity contribution is 7.88. The van der Waals surface area contributed by atoms with Crippen LogP contribution in [0.15, 0.2) is 10.6 Å². The summed E-state index contributed by atoms with van der Waals surface area (Å²) in [5, 5.41) is 12.7. The highest BCUT2D eigenvalue weighted by atomic mass is 32.2. The topological polar surface area (TPSA) is 101 Å². The molecule has 1 saturated heterocycles. The monoisotopic (exact) mass is 288 g/mol. The Morgan fingerprint density at radius 1 is 1.58 bits per heavy atom. The zero-order valence-electron chi connectivity index (χ0n) is 10.7. The van der Waals surface area contributed by atoms with Gasteiger partial charge in [-0.25, -0.2) is 12.7 Å². The summed E-state index contributed by atoms with van der Waals surface area (Å²) in [6.07, 6.45) is 0. The number of hydrogen-bond acceptors (Lipinski definition) is 5. The molecule has 1 aliphatic heterocycles. The van der Waals surface area contributed by atoms with Crippen LogP contribution in [0.3, 0.4) is 0 Å². The van der Waals surface area contributed by atoms with Gasteiger partial charge < -0.3 is 9.63 Å². The largest absolute Gasteiger partial charge is 0.481 e. The normalized spacial score (nSPS) is 24.7. The molecule has 0 bridgehead atoms. The Hall–Kier alpha value is -1.41. The summed E-state index contributed by atoms with van der Waals surface area (Å²) in [7, 11) is -3.55. The van der Waals surface area contributed by atoms with Crippen molar-refractivity contribution in [3.8, 4) is 0 Å². The second-order valence-corrected chi connectivity index (χ2v) is 6.89. The third-order valence-corrected chi connectivity index (χ3v) is 5.04. The molecular formula is C11H16N2O5S. The summed E-state index contributed by atoms with van der Waals surface area (Å²) >= 11 is 0. The third kappa shape index (κ3) is 2.95. The van der Waals surface area contributed by atoms with Crippen LogP contribution < -0.4 is 0 Å². The van der Waals surface area contributed by atoms with Gasteiger partial charge in [-0.15, -0.1) is 0 Å². The number of nitrogens with zero attached hydrogens (tertiary/aromatic N) is 2. The number of aryl methyl sites for hydroxylation is 1. The van der Waals surface area contributed by atoms with Crippen molar-refractivity contribution < 1.29 is 22.8 Å². The molecule has 1 aliphatic rings. The van der Waals surface area contributed by atoms with Gasteiger partial charge in [0.15, 0.2) is 0 Å². The van der Waals surface area contributed by atoms with E-state index in [1.807, 2.05) is 0 Å². The van der Waals surface area contributed by atoms with Crippen LogP contribution in [0.1, 0.15) is 18.4 Å². The lowest BCUT2D eigenvalue weighted by molar-refractivity contribution is -0.142. The lowest BCUT2D eigenvalue weighted by atomic mass is 9.99. The Bertz CT molecular complexity index is 580. The van der Waals surface area contributed by atoms with Gasteiger partial charge in [-0.2, -0.15) is 0 Å². The first-order valence-corrected chi connectivity index (χ1v) is 7.53. The average molecular weight is 288 g/mol. The highest BCUT2D eigenvalue weighted by Crippen LogP contribution is 2.26. The quantitative estimate of drug-likeness (QED) is 0.864. The van der Waals surface area contributed by atoms with E-state index in [0.29, 0.717) is 11.5 Å². The van der Waals surface area contributed by atoms with Crippen molar-refractivity contribution in [1.29, 1.82) is 0 Å². The molecule has 1 fully saturated rings. The molecule has 2 atom stereocenters. The smallest absolute Gasteiger partial charge is 0.308 e. The molecular weight excluding hydrogens is 272 g/mol. The molecule has 0 saturated carbocycles. The first-order chi connectivity index (χ1) is 8.79. The van der Waals surface area contributed by atoms with Crippen LogP contribution in [0, 0.1) is 18.8 Å². The van der Waals surface area contributed by atoms with Crippen molar-refractivity contribution in [3.63, 3.8) is 0 Å². The summed E-state index contributed by atoms with van der Waals surface area (Å²) < 4.78 is 30.4. The Labute approximate surface area is 111 Å². The minimum absolute atomic E-state index is 0.0235. The van der Waals surface area contributed by atoms with Gasteiger partial charge >= 0.3 is 5.97 Å². The van der Waals surface area contributed by atoms with Crippen LogP contribution in [0.2, 0.25) is 0 Å². The first kappa shape index (κ1) is 14.0. The van der Waals surface area contributed by atoms with Crippen LogP contribution in [0.5, 0.6) is 0 Å². The van der Waals surface area contributed by atoms with E-state index < -0.39 is 21.9 Å². The molecule has 1 aromatic rings. The van der Waals surface area contributed by atoms with Gasteiger partial charge in [0.25, 0.3) is 0 Å². The SMILES string of the molecule is Cc1cc(CS(=O)(=O)N2C[C@@H](C)[C@H](C(=O)O)C2)no1. The lowest BCUT2D eigenvalue weighted by Gasteiger charge is -2.14. The molecule has 1 N–H and O–H groups in total. The van der Waals surface area contributed by atoms with Gasteiger partial charge in [-0.05, 0) is 12.8 Å². The van der Waals surface area contributed by atoms with E-state index in [0.717, 1.165) is 0 Å². The fourth-order valence-electron chi connectivity index (χ4n) is 2.24. The molecule has 0 aliphatic carbocycles. The van der Waals surface area contributed by atoms with Gasteiger partial charge in [0, 0.05) is 19.2 Å². The van der Waals surface area contributed by atoms with Crippen LogP contribution in [-0.4, -0.2) is 42.0 Å². The predicted molar refractivity (Wildman–Crippen MR) is 65.7 cm³/mol. The van der Waals surface area contributed by atoms with Crippen molar-refractivity contribution in [2.45, 2.75) is 19.6 Å². The first-order valence-electron chi connectivity index (χ1n) is 5.92. The highest BCUT2D eigenvalue weighted by Gasteiger charge is 2.40. The fourth-order valence-corrected chi connectivity index (χ4v) is 3.78. The predicted octanol–water partition coefficient (Wildman–Crippen LogP) is 0.465. The van der Waals surface area contributed by atoms with Gasteiger partial charge in [0.1, 0.15) is 17.2 Å². The molecule has 0 spiro atoms. The van der Waals surface area contributed by atoms with Crippen LogP contribution in [0.25, 0.3) is 0 Å². The number of hydrogen-bond donors (Lipinski definition) is 1. The maximum absolute atomic E-state index is 12.2. The summed E-state index contributed by atoms with van der Waals surface area (Å²) in [5.74, 6) is -1.50. The number of carbonyl (C=O) groups is 1. The Morgan fingerprint density at radius 2 is 2.26 bits per heavy atom. The van der Waals surface area contributed by atoms with Gasteiger partial charge in [-0.3, -0.25) is 4.79 Å². The fraction of sp³-hybridized carbons (Fsp3) is 0.636. The standard InChI is InChI=1S/C11H16N2O5S/c1-7-4-13(5-10(7)11(14)15)19(16,17)6-9-3-8(2)18-12-9/h3,7,10H,4-6H2,1-2H3,(H,14,15)/t7-,10-/m1/s1. The number of carboxylic acids is 1. The van der Waals surface area contributed by atoms with Crippen LogP contribution in [-0.2, 0) is 20.6 Å². The number of rotatable bonds is 4. The zero-order chi connectivity index (χ0) is 14.2. The second kappa shape index (κ2) is 4.93. The maximum atomic E-state index is 12.2. The van der Waals surface area contributed by atoms with E-state index in [2.05, 4.69) is 5.16 Å². The van der Waals surface area contributed by atoms with Crippen molar-refractivity contribution >= 4 is 16.0 Å². The van der Waals surface area contributed by atoms with Gasteiger partial charge in [0.05, 0.1) is 5.92 Å². The zero-order valence-corrected chi connectivity index (χ0v) is 11.6. The summed E-state index contributed by atoms with van der Waals surface area (Å²) in [6.45, 7) is 3.68. The van der Waals surface area contributed by atoms with Crippen molar-refractivity contribution in [2.24, 2.45) is 11.8 Å². The van der Waals surface area contributed by atoms with Crippen LogP contribution in [0.4, 0.5) is 0 Å². The van der Waals surface area contributed by atoms with Crippen molar-refractivity contribution in [3.05, 3.63) is 17.5 Å². The summed E-state index contributed by atoms with van der Waals surface area (Å²) in [5.41, 5.74) is 0.337. The van der Waals surface area contributed by atoms with Gasteiger partial charge in [-0.1, -0.05) is 12.1 Å². The maximum Gasteiger partial charge on any atom is 0.308 e. The summed E-state index contributed by atoms with van der Waals surface area (Å²) in [4.78, 5) is 11.0. The molecule has 0 unspecified atom stereocenters. The molecule has 7 nitrogen and oxygen atoms in total. The Morgan fingerprint density at radius 3 is 2.74 bits per heavy atom. The van der Waals surface area contributed by atoms with E-state index >= 15 is 0 Å². The summed E-state index contributed by atoms with van der Waals surface area (Å²) in [6, 6.07) is 1.56. The van der Waals surface area contributed by atoms with Crippen LogP contribution >= 0.6 is 0 Å². The molecule has 2 rings (SSSR count). The van der Waals surface area contributed by atoms with Crippen molar-refractivity contribution in [2.75, 3.05) is 13.1 Å². The van der Waals surface area contributed by atoms with E-state index in [4.69, 9.17) is 9.63 Å². The number of sulfonamides is 1. The lowest BCUT2D eigenvalue weighted by Crippen LogP contribution is -2.31. The number of carboxylic acid groups (broad SMARTS) is 1. The van der Waals surface area contributed by atoms with Crippen molar-refractivity contribution in [1.82, 2.24) is 9.46 Å². The molecule has 1 aromatic heterocycles. The molecule has 19 heavy (non-hydrogen) atoms. The molecule has 0 aromatic carbocycles. The van der Waals surface area contributed by atoms with Gasteiger partial charge in [0.2, 0.25) is 10.0 Å². The molecule has 8 heteroatoms. The van der Waals surface area contributed by atoms with E-state index in [1.165, 1.54) is 4.31 Å². The van der Waals surface area contributed by atoms with E-state index in [9.17, 15) is 13.2 Å². The van der Waals surface area contributed by atoms with E-state index in [1.54, 1.807) is 19.9 Å². The molecule has 0 radical (unpaired) electrons.